The van der Waals surface area contributed by atoms with Gasteiger partial charge in [0, 0.05) is 43.4 Å². The molecule has 0 atom stereocenters. The SMILES string of the molecule is CC(C)N1CCCC1=O.CC(C)c1ccco1.CC(C)n1ccnc1. The zero-order valence-electron chi connectivity index (χ0n) is 16.5. The molecule has 0 radical (unpaired) electrons. The summed E-state index contributed by atoms with van der Waals surface area (Å²) < 4.78 is 7.15. The molecule has 1 fully saturated rings. The molecule has 1 aliphatic rings. The van der Waals surface area contributed by atoms with E-state index in [1.54, 1.807) is 12.5 Å². The van der Waals surface area contributed by atoms with Crippen molar-refractivity contribution in [2.24, 2.45) is 0 Å². The number of amides is 1. The molecule has 5 heteroatoms. The van der Waals surface area contributed by atoms with Crippen LogP contribution in [0.15, 0.2) is 41.5 Å². The summed E-state index contributed by atoms with van der Waals surface area (Å²) in [6.45, 7) is 13.6. The van der Waals surface area contributed by atoms with Gasteiger partial charge in [0.05, 0.1) is 12.6 Å². The molecule has 0 unspecified atom stereocenters. The maximum atomic E-state index is 10.9. The van der Waals surface area contributed by atoms with Gasteiger partial charge in [-0.2, -0.15) is 0 Å². The molecule has 1 aliphatic heterocycles. The predicted molar refractivity (Wildman–Crippen MR) is 101 cm³/mol. The quantitative estimate of drug-likeness (QED) is 0.795. The molecule has 25 heavy (non-hydrogen) atoms. The van der Waals surface area contributed by atoms with Crippen molar-refractivity contribution in [3.05, 3.63) is 42.9 Å². The van der Waals surface area contributed by atoms with Gasteiger partial charge in [-0.15, -0.1) is 0 Å². The monoisotopic (exact) mass is 347 g/mol. The van der Waals surface area contributed by atoms with Crippen molar-refractivity contribution in [3.8, 4) is 0 Å². The number of aromatic nitrogens is 2. The second-order valence-corrected chi connectivity index (χ2v) is 7.06. The molecular weight excluding hydrogens is 314 g/mol. The van der Waals surface area contributed by atoms with Crippen LogP contribution in [-0.2, 0) is 4.79 Å². The standard InChI is InChI=1S/C7H13NO.C7H10O.C6H10N2/c1-6(2)8-5-3-4-7(8)9;1-6(2)7-4-3-5-8-7;1-6(2)8-4-3-7-5-8/h6H,3-5H2,1-2H3;2*3-6H,1-2H3. The molecule has 0 spiro atoms. The smallest absolute Gasteiger partial charge is 0.222 e. The lowest BCUT2D eigenvalue weighted by atomic mass is 10.2. The predicted octanol–water partition coefficient (Wildman–Crippen LogP) is 4.88. The molecule has 0 bridgehead atoms. The van der Waals surface area contributed by atoms with E-state index in [9.17, 15) is 4.79 Å². The van der Waals surface area contributed by atoms with Crippen molar-refractivity contribution in [2.45, 2.75) is 72.4 Å². The number of furan rings is 1. The minimum Gasteiger partial charge on any atom is -0.469 e. The number of rotatable bonds is 3. The Hall–Kier alpha value is -2.04. The van der Waals surface area contributed by atoms with E-state index in [0.29, 0.717) is 23.9 Å². The van der Waals surface area contributed by atoms with E-state index >= 15 is 0 Å². The zero-order valence-corrected chi connectivity index (χ0v) is 16.5. The van der Waals surface area contributed by atoms with E-state index in [1.807, 2.05) is 29.6 Å². The molecule has 3 heterocycles. The average molecular weight is 348 g/mol. The molecule has 2 aromatic heterocycles. The van der Waals surface area contributed by atoms with Crippen LogP contribution in [0.3, 0.4) is 0 Å². The van der Waals surface area contributed by atoms with Crippen LogP contribution in [0.1, 0.15) is 72.1 Å². The zero-order chi connectivity index (χ0) is 18.8. The third-order valence-corrected chi connectivity index (χ3v) is 3.97. The van der Waals surface area contributed by atoms with E-state index in [-0.39, 0.29) is 0 Å². The molecule has 0 saturated carbocycles. The number of hydrogen-bond acceptors (Lipinski definition) is 3. The molecule has 5 nitrogen and oxygen atoms in total. The van der Waals surface area contributed by atoms with Crippen molar-refractivity contribution in [1.29, 1.82) is 0 Å². The van der Waals surface area contributed by atoms with Gasteiger partial charge in [-0.1, -0.05) is 13.8 Å². The Bertz CT molecular complexity index is 534. The second kappa shape index (κ2) is 10.7. The van der Waals surface area contributed by atoms with E-state index in [4.69, 9.17) is 4.42 Å². The summed E-state index contributed by atoms with van der Waals surface area (Å²) in [4.78, 5) is 16.8. The van der Waals surface area contributed by atoms with Crippen molar-refractivity contribution < 1.29 is 9.21 Å². The van der Waals surface area contributed by atoms with Crippen molar-refractivity contribution in [3.63, 3.8) is 0 Å². The van der Waals surface area contributed by atoms with Gasteiger partial charge in [-0.25, -0.2) is 4.98 Å². The number of nitrogens with zero attached hydrogens (tertiary/aromatic N) is 3. The Balaban J connectivity index is 0.000000188. The highest BCUT2D eigenvalue weighted by molar-refractivity contribution is 5.78. The third kappa shape index (κ3) is 7.59. The highest BCUT2D eigenvalue weighted by Gasteiger charge is 2.21. The van der Waals surface area contributed by atoms with Crippen molar-refractivity contribution in [2.75, 3.05) is 6.54 Å². The number of carbonyl (C=O) groups is 1. The Labute approximate surface area is 152 Å². The van der Waals surface area contributed by atoms with Crippen LogP contribution in [0.25, 0.3) is 0 Å². The topological polar surface area (TPSA) is 51.3 Å². The minimum absolute atomic E-state index is 0.324. The molecule has 3 rings (SSSR count). The van der Waals surface area contributed by atoms with Gasteiger partial charge in [0.25, 0.3) is 0 Å². The van der Waals surface area contributed by atoms with Crippen LogP contribution in [0.5, 0.6) is 0 Å². The highest BCUT2D eigenvalue weighted by Crippen LogP contribution is 2.13. The molecular formula is C20H33N3O2. The summed E-state index contributed by atoms with van der Waals surface area (Å²) in [5.74, 6) is 1.90. The van der Waals surface area contributed by atoms with Gasteiger partial charge in [-0.3, -0.25) is 4.79 Å². The van der Waals surface area contributed by atoms with Gasteiger partial charge in [0.15, 0.2) is 0 Å². The van der Waals surface area contributed by atoms with Crippen LogP contribution in [0.4, 0.5) is 0 Å². The first kappa shape index (κ1) is 21.0. The van der Waals surface area contributed by atoms with Gasteiger partial charge in [0.1, 0.15) is 5.76 Å². The van der Waals surface area contributed by atoms with Gasteiger partial charge >= 0.3 is 0 Å². The van der Waals surface area contributed by atoms with E-state index in [2.05, 4.69) is 51.1 Å². The largest absolute Gasteiger partial charge is 0.469 e. The summed E-state index contributed by atoms with van der Waals surface area (Å²) in [5, 5.41) is 0. The first-order valence-electron chi connectivity index (χ1n) is 9.13. The normalized spacial score (nSPS) is 13.8. The maximum Gasteiger partial charge on any atom is 0.222 e. The summed E-state index contributed by atoms with van der Waals surface area (Å²) in [5.41, 5.74) is 0. The van der Waals surface area contributed by atoms with E-state index in [0.717, 1.165) is 25.1 Å². The van der Waals surface area contributed by atoms with Gasteiger partial charge in [0.2, 0.25) is 5.91 Å². The maximum absolute atomic E-state index is 10.9. The summed E-state index contributed by atoms with van der Waals surface area (Å²) in [6, 6.07) is 4.84. The van der Waals surface area contributed by atoms with E-state index < -0.39 is 0 Å². The molecule has 0 aliphatic carbocycles. The highest BCUT2D eigenvalue weighted by atomic mass is 16.3. The number of likely N-dealkylation sites (tertiary alicyclic amines) is 1. The fraction of sp³-hybridized carbons (Fsp3) is 0.600. The van der Waals surface area contributed by atoms with Gasteiger partial charge < -0.3 is 13.9 Å². The molecule has 140 valence electrons. The molecule has 0 aromatic carbocycles. The van der Waals surface area contributed by atoms with Crippen LogP contribution in [0, 0.1) is 0 Å². The van der Waals surface area contributed by atoms with Crippen LogP contribution in [-0.4, -0.2) is 32.9 Å². The first-order valence-corrected chi connectivity index (χ1v) is 9.13. The van der Waals surface area contributed by atoms with Gasteiger partial charge in [-0.05, 0) is 46.2 Å². The van der Waals surface area contributed by atoms with Crippen LogP contribution in [0.2, 0.25) is 0 Å². The lowest BCUT2D eigenvalue weighted by Gasteiger charge is -2.19. The number of imidazole rings is 1. The van der Waals surface area contributed by atoms with Crippen LogP contribution < -0.4 is 0 Å². The van der Waals surface area contributed by atoms with Crippen molar-refractivity contribution >= 4 is 5.91 Å². The lowest BCUT2D eigenvalue weighted by Crippen LogP contribution is -2.31. The summed E-state index contributed by atoms with van der Waals surface area (Å²) in [7, 11) is 0. The second-order valence-electron chi connectivity index (χ2n) is 7.06. The fourth-order valence-electron chi connectivity index (χ4n) is 2.41. The molecule has 1 saturated heterocycles. The Kier molecular flexibility index (Phi) is 9.03. The Morgan fingerprint density at radius 1 is 1.12 bits per heavy atom. The minimum atomic E-state index is 0.324. The summed E-state index contributed by atoms with van der Waals surface area (Å²) >= 11 is 0. The third-order valence-electron chi connectivity index (χ3n) is 3.97. The van der Waals surface area contributed by atoms with Crippen molar-refractivity contribution in [1.82, 2.24) is 14.5 Å². The molecule has 2 aromatic rings. The molecule has 1 amide bonds. The molecule has 0 N–H and O–H groups in total. The van der Waals surface area contributed by atoms with Crippen LogP contribution >= 0.6 is 0 Å². The number of carbonyl (C=O) groups excluding carboxylic acids is 1. The number of hydrogen-bond donors (Lipinski definition) is 0. The Morgan fingerprint density at radius 2 is 1.84 bits per heavy atom. The van der Waals surface area contributed by atoms with E-state index in [1.165, 1.54) is 0 Å². The first-order chi connectivity index (χ1) is 11.8. The average Bonchev–Trinajstić information content (AvgIpc) is 3.31. The fourth-order valence-corrected chi connectivity index (χ4v) is 2.41. The Morgan fingerprint density at radius 3 is 2.08 bits per heavy atom. The lowest BCUT2D eigenvalue weighted by molar-refractivity contribution is -0.129. The summed E-state index contributed by atoms with van der Waals surface area (Å²) in [6.07, 6.45) is 9.10.